The van der Waals surface area contributed by atoms with E-state index >= 15 is 0 Å². The number of nitrogens with zero attached hydrogens (tertiary/aromatic N) is 2. The van der Waals surface area contributed by atoms with Crippen LogP contribution in [0.3, 0.4) is 0 Å². The van der Waals surface area contributed by atoms with Gasteiger partial charge < -0.3 is 10.1 Å². The Morgan fingerprint density at radius 2 is 2.26 bits per heavy atom. The first-order valence-electron chi connectivity index (χ1n) is 8.81. The second-order valence-electron chi connectivity index (χ2n) is 7.16. The maximum absolute atomic E-state index is 11.8. The number of pyridine rings is 1. The van der Waals surface area contributed by atoms with Crippen molar-refractivity contribution in [2.24, 2.45) is 17.8 Å². The van der Waals surface area contributed by atoms with Crippen LogP contribution in [0.2, 0.25) is 0 Å². The van der Waals surface area contributed by atoms with Gasteiger partial charge in [-0.05, 0) is 43.9 Å². The molecule has 4 rings (SSSR count). The summed E-state index contributed by atoms with van der Waals surface area (Å²) in [6.07, 6.45) is 5.33. The number of aromatic nitrogens is 1. The minimum Gasteiger partial charge on any atom is -0.376 e. The van der Waals surface area contributed by atoms with Crippen LogP contribution >= 0.6 is 0 Å². The average Bonchev–Trinajstić information content (AvgIpc) is 3.35. The van der Waals surface area contributed by atoms with E-state index in [1.54, 1.807) is 0 Å². The number of fused-ring (bicyclic) bond motifs is 1. The zero-order valence-electron chi connectivity index (χ0n) is 13.5. The van der Waals surface area contributed by atoms with Gasteiger partial charge in [-0.1, -0.05) is 6.07 Å². The van der Waals surface area contributed by atoms with Crippen LogP contribution in [-0.2, 0) is 16.1 Å². The second kappa shape index (κ2) is 6.57. The van der Waals surface area contributed by atoms with Gasteiger partial charge in [0.15, 0.2) is 0 Å². The van der Waals surface area contributed by atoms with E-state index < -0.39 is 0 Å². The molecule has 0 bridgehead atoms. The van der Waals surface area contributed by atoms with Crippen molar-refractivity contribution in [3.63, 3.8) is 0 Å². The van der Waals surface area contributed by atoms with Crippen LogP contribution in [0.5, 0.6) is 0 Å². The third-order valence-corrected chi connectivity index (χ3v) is 5.43. The molecule has 1 amide bonds. The molecule has 1 aliphatic carbocycles. The summed E-state index contributed by atoms with van der Waals surface area (Å²) in [5, 5.41) is 3.09. The largest absolute Gasteiger partial charge is 0.376 e. The Kier molecular flexibility index (Phi) is 4.31. The molecule has 3 atom stereocenters. The SMILES string of the molecule is O=C(NC[C@@H]1OC[C@H]2CCN(Cc3ccccn3)C[C@H]21)C1CC1. The summed E-state index contributed by atoms with van der Waals surface area (Å²) >= 11 is 0. The summed E-state index contributed by atoms with van der Waals surface area (Å²) in [7, 11) is 0. The van der Waals surface area contributed by atoms with E-state index in [0.29, 0.717) is 18.4 Å². The number of nitrogens with one attached hydrogen (secondary N) is 1. The molecule has 0 unspecified atom stereocenters. The van der Waals surface area contributed by atoms with Crippen molar-refractivity contribution in [3.8, 4) is 0 Å². The average molecular weight is 315 g/mol. The zero-order chi connectivity index (χ0) is 15.6. The highest BCUT2D eigenvalue weighted by Crippen LogP contribution is 2.35. The molecular formula is C18H25N3O2. The normalized spacial score (nSPS) is 30.9. The van der Waals surface area contributed by atoms with Gasteiger partial charge in [0.25, 0.3) is 0 Å². The molecule has 0 aromatic carbocycles. The van der Waals surface area contributed by atoms with Crippen LogP contribution in [0.4, 0.5) is 0 Å². The zero-order valence-corrected chi connectivity index (χ0v) is 13.5. The highest BCUT2D eigenvalue weighted by Gasteiger charge is 2.41. The summed E-state index contributed by atoms with van der Waals surface area (Å²) in [6.45, 7) is 4.60. The standard InChI is InChI=1S/C18H25N3O2/c22-18(13-4-5-13)20-9-17-16-11-21(8-6-14(16)12-23-17)10-15-3-1-2-7-19-15/h1-3,7,13-14,16-17H,4-6,8-12H2,(H,20,22)/t14-,16-,17+/m1/s1. The number of amides is 1. The maximum Gasteiger partial charge on any atom is 0.223 e. The molecule has 23 heavy (non-hydrogen) atoms. The van der Waals surface area contributed by atoms with E-state index in [0.717, 1.165) is 44.8 Å². The van der Waals surface area contributed by atoms with Crippen molar-refractivity contribution < 1.29 is 9.53 Å². The molecular weight excluding hydrogens is 290 g/mol. The van der Waals surface area contributed by atoms with Crippen LogP contribution in [0.25, 0.3) is 0 Å². The Bertz CT molecular complexity index is 546. The summed E-state index contributed by atoms with van der Waals surface area (Å²) in [5.74, 6) is 1.68. The smallest absolute Gasteiger partial charge is 0.223 e. The molecule has 1 N–H and O–H groups in total. The predicted octanol–water partition coefficient (Wildman–Crippen LogP) is 1.44. The molecule has 3 fully saturated rings. The first kappa shape index (κ1) is 15.1. The molecule has 2 saturated heterocycles. The summed E-state index contributed by atoms with van der Waals surface area (Å²) < 4.78 is 5.99. The molecule has 5 nitrogen and oxygen atoms in total. The highest BCUT2D eigenvalue weighted by molar-refractivity contribution is 5.80. The fourth-order valence-corrected chi connectivity index (χ4v) is 3.87. The number of hydrogen-bond acceptors (Lipinski definition) is 4. The lowest BCUT2D eigenvalue weighted by molar-refractivity contribution is -0.122. The number of likely N-dealkylation sites (tertiary alicyclic amines) is 1. The lowest BCUT2D eigenvalue weighted by Gasteiger charge is -2.35. The van der Waals surface area contributed by atoms with Gasteiger partial charge in [-0.2, -0.15) is 0 Å². The van der Waals surface area contributed by atoms with Crippen molar-refractivity contribution in [3.05, 3.63) is 30.1 Å². The quantitative estimate of drug-likeness (QED) is 0.893. The van der Waals surface area contributed by atoms with Crippen molar-refractivity contribution in [1.82, 2.24) is 15.2 Å². The first-order chi connectivity index (χ1) is 11.3. The first-order valence-corrected chi connectivity index (χ1v) is 8.81. The fraction of sp³-hybridized carbons (Fsp3) is 0.667. The molecule has 3 heterocycles. The van der Waals surface area contributed by atoms with Gasteiger partial charge in [-0.25, -0.2) is 0 Å². The Hall–Kier alpha value is -1.46. The molecule has 1 aromatic rings. The van der Waals surface area contributed by atoms with Crippen LogP contribution in [0, 0.1) is 17.8 Å². The molecule has 2 aliphatic heterocycles. The van der Waals surface area contributed by atoms with Gasteiger partial charge in [0.05, 0.1) is 18.4 Å². The topological polar surface area (TPSA) is 54.5 Å². The van der Waals surface area contributed by atoms with Crippen molar-refractivity contribution in [1.29, 1.82) is 0 Å². The minimum atomic E-state index is 0.175. The van der Waals surface area contributed by atoms with E-state index in [1.807, 2.05) is 18.3 Å². The molecule has 0 spiro atoms. The number of carbonyl (C=O) groups excluding carboxylic acids is 1. The van der Waals surface area contributed by atoms with Gasteiger partial charge >= 0.3 is 0 Å². The number of hydrogen-bond donors (Lipinski definition) is 1. The fourth-order valence-electron chi connectivity index (χ4n) is 3.87. The molecule has 1 aromatic heterocycles. The lowest BCUT2D eigenvalue weighted by atomic mass is 9.84. The van der Waals surface area contributed by atoms with E-state index in [2.05, 4.69) is 21.3 Å². The van der Waals surface area contributed by atoms with E-state index in [9.17, 15) is 4.79 Å². The molecule has 124 valence electrons. The molecule has 3 aliphatic rings. The third kappa shape index (κ3) is 3.56. The maximum atomic E-state index is 11.8. The number of ether oxygens (including phenoxy) is 1. The van der Waals surface area contributed by atoms with Gasteiger partial charge in [-0.15, -0.1) is 0 Å². The number of carbonyl (C=O) groups is 1. The highest BCUT2D eigenvalue weighted by atomic mass is 16.5. The Morgan fingerprint density at radius 3 is 3.04 bits per heavy atom. The molecule has 1 saturated carbocycles. The summed E-state index contributed by atoms with van der Waals surface area (Å²) in [6, 6.07) is 6.09. The number of piperidine rings is 1. The predicted molar refractivity (Wildman–Crippen MR) is 86.6 cm³/mol. The third-order valence-electron chi connectivity index (χ3n) is 5.43. The van der Waals surface area contributed by atoms with Gasteiger partial charge in [0.1, 0.15) is 0 Å². The van der Waals surface area contributed by atoms with Crippen molar-refractivity contribution in [2.75, 3.05) is 26.2 Å². The van der Waals surface area contributed by atoms with E-state index in [1.165, 1.54) is 6.42 Å². The Labute approximate surface area is 137 Å². The van der Waals surface area contributed by atoms with Crippen LogP contribution in [-0.4, -0.2) is 48.1 Å². The summed E-state index contributed by atoms with van der Waals surface area (Å²) in [5.41, 5.74) is 1.13. The van der Waals surface area contributed by atoms with Crippen LogP contribution in [0.1, 0.15) is 25.0 Å². The molecule has 5 heteroatoms. The van der Waals surface area contributed by atoms with E-state index in [-0.39, 0.29) is 17.9 Å². The second-order valence-corrected chi connectivity index (χ2v) is 7.16. The van der Waals surface area contributed by atoms with Crippen LogP contribution in [0.15, 0.2) is 24.4 Å². The van der Waals surface area contributed by atoms with Crippen molar-refractivity contribution in [2.45, 2.75) is 31.9 Å². The lowest BCUT2D eigenvalue weighted by Crippen LogP contribution is -2.45. The summed E-state index contributed by atoms with van der Waals surface area (Å²) in [4.78, 5) is 18.8. The van der Waals surface area contributed by atoms with Gasteiger partial charge in [0, 0.05) is 37.7 Å². The van der Waals surface area contributed by atoms with Gasteiger partial charge in [0.2, 0.25) is 5.91 Å². The monoisotopic (exact) mass is 315 g/mol. The van der Waals surface area contributed by atoms with Crippen molar-refractivity contribution >= 4 is 5.91 Å². The Balaban J connectivity index is 1.32. The van der Waals surface area contributed by atoms with Crippen LogP contribution < -0.4 is 5.32 Å². The number of rotatable bonds is 5. The van der Waals surface area contributed by atoms with E-state index in [4.69, 9.17) is 4.74 Å². The van der Waals surface area contributed by atoms with Gasteiger partial charge in [-0.3, -0.25) is 14.7 Å². The Morgan fingerprint density at radius 1 is 1.35 bits per heavy atom. The molecule has 0 radical (unpaired) electrons. The minimum absolute atomic E-state index is 0.175.